The van der Waals surface area contributed by atoms with Gasteiger partial charge in [-0.1, -0.05) is 18.2 Å². The van der Waals surface area contributed by atoms with Gasteiger partial charge < -0.3 is 9.47 Å². The number of ether oxygens (including phenoxy) is 2. The van der Waals surface area contributed by atoms with Gasteiger partial charge in [-0.25, -0.2) is 12.8 Å². The van der Waals surface area contributed by atoms with E-state index >= 15 is 0 Å². The van der Waals surface area contributed by atoms with Crippen molar-refractivity contribution in [2.45, 2.75) is 23.0 Å². The summed E-state index contributed by atoms with van der Waals surface area (Å²) in [6.45, 7) is 1.80. The highest BCUT2D eigenvalue weighted by Crippen LogP contribution is 2.38. The average Bonchev–Trinajstić information content (AvgIpc) is 3.09. The Bertz CT molecular complexity index is 951. The van der Waals surface area contributed by atoms with Crippen LogP contribution in [-0.4, -0.2) is 44.8 Å². The van der Waals surface area contributed by atoms with E-state index in [0.29, 0.717) is 55.5 Å². The maximum atomic E-state index is 14.1. The molecule has 0 aliphatic carbocycles. The lowest BCUT2D eigenvalue weighted by molar-refractivity contribution is 0.296. The molecular weight excluding hydrogens is 401 g/mol. The number of hydrogen-bond acceptors (Lipinski definition) is 5. The van der Waals surface area contributed by atoms with Crippen LogP contribution in [0.15, 0.2) is 47.4 Å². The number of thioether (sulfide) groups is 1. The van der Waals surface area contributed by atoms with Crippen LogP contribution in [0.4, 0.5) is 4.39 Å². The van der Waals surface area contributed by atoms with Gasteiger partial charge in [-0.3, -0.25) is 0 Å². The molecule has 28 heavy (non-hydrogen) atoms. The van der Waals surface area contributed by atoms with Crippen molar-refractivity contribution in [3.05, 3.63) is 53.8 Å². The molecule has 5 nitrogen and oxygen atoms in total. The van der Waals surface area contributed by atoms with Crippen molar-refractivity contribution in [3.8, 4) is 11.5 Å². The molecule has 1 atom stereocenters. The molecular formula is C20H22FNO4S2. The second-order valence-corrected chi connectivity index (χ2v) is 9.98. The van der Waals surface area contributed by atoms with Gasteiger partial charge in [0.1, 0.15) is 5.82 Å². The Morgan fingerprint density at radius 2 is 1.82 bits per heavy atom. The number of hydrogen-bond donors (Lipinski definition) is 0. The highest BCUT2D eigenvalue weighted by Gasteiger charge is 2.30. The predicted molar refractivity (Wildman–Crippen MR) is 107 cm³/mol. The lowest BCUT2D eigenvalue weighted by Crippen LogP contribution is -2.33. The quantitative estimate of drug-likeness (QED) is 0.751. The van der Waals surface area contributed by atoms with Crippen molar-refractivity contribution in [1.29, 1.82) is 0 Å². The molecule has 2 aromatic carbocycles. The van der Waals surface area contributed by atoms with Crippen LogP contribution in [0.1, 0.15) is 23.7 Å². The van der Waals surface area contributed by atoms with E-state index < -0.39 is 10.0 Å². The van der Waals surface area contributed by atoms with Crippen LogP contribution in [0, 0.1) is 5.82 Å². The fourth-order valence-corrected chi connectivity index (χ4v) is 6.27. The van der Waals surface area contributed by atoms with Crippen LogP contribution in [0.25, 0.3) is 0 Å². The summed E-state index contributed by atoms with van der Waals surface area (Å²) in [5.41, 5.74) is 0.641. The summed E-state index contributed by atoms with van der Waals surface area (Å²) in [6, 6.07) is 11.5. The van der Waals surface area contributed by atoms with Crippen LogP contribution >= 0.6 is 11.8 Å². The summed E-state index contributed by atoms with van der Waals surface area (Å²) >= 11 is 1.60. The number of benzene rings is 2. The van der Waals surface area contributed by atoms with Crippen molar-refractivity contribution in [2.24, 2.45) is 0 Å². The number of fused-ring (bicyclic) bond motifs is 1. The first-order valence-corrected chi connectivity index (χ1v) is 11.8. The zero-order valence-corrected chi connectivity index (χ0v) is 17.0. The third kappa shape index (κ3) is 3.99. The molecule has 1 unspecified atom stereocenters. The summed E-state index contributed by atoms with van der Waals surface area (Å²) in [4.78, 5) is 0.200. The van der Waals surface area contributed by atoms with Crippen molar-refractivity contribution in [3.63, 3.8) is 0 Å². The van der Waals surface area contributed by atoms with Gasteiger partial charge in [-0.05, 0) is 24.6 Å². The summed E-state index contributed by atoms with van der Waals surface area (Å²) in [5, 5.41) is -0.0508. The average molecular weight is 424 g/mol. The van der Waals surface area contributed by atoms with Gasteiger partial charge in [-0.15, -0.1) is 0 Å². The van der Waals surface area contributed by atoms with Crippen molar-refractivity contribution in [2.75, 3.05) is 32.1 Å². The second-order valence-electron chi connectivity index (χ2n) is 6.73. The van der Waals surface area contributed by atoms with Crippen LogP contribution < -0.4 is 9.47 Å². The minimum atomic E-state index is -3.66. The summed E-state index contributed by atoms with van der Waals surface area (Å²) in [5.74, 6) is 1.41. The molecule has 2 aliphatic rings. The van der Waals surface area contributed by atoms with E-state index in [0.717, 1.165) is 6.42 Å². The van der Waals surface area contributed by atoms with Crippen molar-refractivity contribution >= 4 is 21.8 Å². The molecule has 0 amide bonds. The SMILES string of the molecule is O=S(=O)(c1ccc2c(c1)OCCCO2)N1CCSC(c2ccccc2F)CC1. The van der Waals surface area contributed by atoms with Gasteiger partial charge in [0.05, 0.1) is 18.1 Å². The Kier molecular flexibility index (Phi) is 5.80. The molecule has 4 rings (SSSR count). The van der Waals surface area contributed by atoms with Crippen molar-refractivity contribution < 1.29 is 22.3 Å². The Labute approximate surface area is 168 Å². The molecule has 2 aromatic rings. The number of halogens is 1. The topological polar surface area (TPSA) is 55.8 Å². The normalized spacial score (nSPS) is 21.0. The molecule has 0 bridgehead atoms. The summed E-state index contributed by atoms with van der Waals surface area (Å²) < 4.78 is 53.2. The first kappa shape index (κ1) is 19.5. The van der Waals surface area contributed by atoms with E-state index in [-0.39, 0.29) is 16.0 Å². The van der Waals surface area contributed by atoms with E-state index in [1.165, 1.54) is 10.4 Å². The van der Waals surface area contributed by atoms with Gasteiger partial charge in [0, 0.05) is 42.1 Å². The Hall–Kier alpha value is -1.77. The summed E-state index contributed by atoms with van der Waals surface area (Å²) in [7, 11) is -3.66. The molecule has 0 N–H and O–H groups in total. The van der Waals surface area contributed by atoms with Crippen molar-refractivity contribution in [1.82, 2.24) is 4.31 Å². The van der Waals surface area contributed by atoms with Gasteiger partial charge in [0.15, 0.2) is 11.5 Å². The summed E-state index contributed by atoms with van der Waals surface area (Å²) in [6.07, 6.45) is 1.33. The standard InChI is InChI=1S/C20H22FNO4S2/c21-17-5-2-1-4-16(17)20-8-9-22(10-13-27-20)28(23,24)15-6-7-18-19(14-15)26-12-3-11-25-18/h1-2,4-7,14,20H,3,8-13H2. The van der Waals surface area contributed by atoms with Crippen LogP contribution in [0.3, 0.4) is 0 Å². The lowest BCUT2D eigenvalue weighted by Gasteiger charge is -2.21. The monoisotopic (exact) mass is 423 g/mol. The second kappa shape index (κ2) is 8.31. The fourth-order valence-electron chi connectivity index (χ4n) is 3.43. The molecule has 1 saturated heterocycles. The third-order valence-corrected chi connectivity index (χ3v) is 8.11. The van der Waals surface area contributed by atoms with Gasteiger partial charge in [0.25, 0.3) is 0 Å². The molecule has 0 saturated carbocycles. The molecule has 2 heterocycles. The molecule has 0 radical (unpaired) electrons. The molecule has 0 spiro atoms. The number of sulfonamides is 1. The van der Waals surface area contributed by atoms with E-state index in [2.05, 4.69) is 0 Å². The first-order chi connectivity index (χ1) is 13.6. The molecule has 8 heteroatoms. The maximum Gasteiger partial charge on any atom is 0.243 e. The fraction of sp³-hybridized carbons (Fsp3) is 0.400. The van der Waals surface area contributed by atoms with Gasteiger partial charge in [0.2, 0.25) is 10.0 Å². The smallest absolute Gasteiger partial charge is 0.243 e. The molecule has 0 aromatic heterocycles. The Balaban J connectivity index is 1.54. The largest absolute Gasteiger partial charge is 0.490 e. The Morgan fingerprint density at radius 1 is 1.04 bits per heavy atom. The van der Waals surface area contributed by atoms with Crippen LogP contribution in [0.5, 0.6) is 11.5 Å². The number of nitrogens with zero attached hydrogens (tertiary/aromatic N) is 1. The van der Waals surface area contributed by atoms with Crippen LogP contribution in [-0.2, 0) is 10.0 Å². The minimum absolute atomic E-state index is 0.0508. The minimum Gasteiger partial charge on any atom is -0.490 e. The zero-order chi connectivity index (χ0) is 19.6. The molecule has 2 aliphatic heterocycles. The third-order valence-electron chi connectivity index (χ3n) is 4.91. The lowest BCUT2D eigenvalue weighted by atomic mass is 10.1. The molecule has 150 valence electrons. The van der Waals surface area contributed by atoms with E-state index in [4.69, 9.17) is 9.47 Å². The Morgan fingerprint density at radius 3 is 2.64 bits per heavy atom. The van der Waals surface area contributed by atoms with E-state index in [9.17, 15) is 12.8 Å². The van der Waals surface area contributed by atoms with E-state index in [1.54, 1.807) is 42.1 Å². The van der Waals surface area contributed by atoms with Gasteiger partial charge in [-0.2, -0.15) is 16.1 Å². The first-order valence-electron chi connectivity index (χ1n) is 9.31. The van der Waals surface area contributed by atoms with Gasteiger partial charge >= 0.3 is 0 Å². The van der Waals surface area contributed by atoms with E-state index in [1.807, 2.05) is 6.07 Å². The highest BCUT2D eigenvalue weighted by molar-refractivity contribution is 7.99. The maximum absolute atomic E-state index is 14.1. The highest BCUT2D eigenvalue weighted by atomic mass is 32.2. The molecule has 1 fully saturated rings. The predicted octanol–water partition coefficient (Wildman–Crippen LogP) is 3.86. The number of rotatable bonds is 3. The van der Waals surface area contributed by atoms with Crippen LogP contribution in [0.2, 0.25) is 0 Å². The zero-order valence-electron chi connectivity index (χ0n) is 15.3.